The van der Waals surface area contributed by atoms with E-state index in [2.05, 4.69) is 15.3 Å². The SMILES string of the molecule is O=C(O)c1nccnc1C(=O)Nc1ccc2c(c1)N(C(=O)C1CC1)CC2. The third-order valence-electron chi connectivity index (χ3n) is 4.55. The van der Waals surface area contributed by atoms with Crippen LogP contribution in [0.4, 0.5) is 11.4 Å². The zero-order valence-electron chi connectivity index (χ0n) is 13.8. The smallest absolute Gasteiger partial charge is 0.356 e. The second-order valence-corrected chi connectivity index (χ2v) is 6.37. The average molecular weight is 352 g/mol. The van der Waals surface area contributed by atoms with Gasteiger partial charge in [0, 0.05) is 36.2 Å². The maximum Gasteiger partial charge on any atom is 0.356 e. The molecule has 0 atom stereocenters. The Hall–Kier alpha value is -3.29. The van der Waals surface area contributed by atoms with Crippen LogP contribution >= 0.6 is 0 Å². The molecule has 1 aliphatic heterocycles. The van der Waals surface area contributed by atoms with Gasteiger partial charge in [0.2, 0.25) is 5.91 Å². The molecule has 4 rings (SSSR count). The minimum absolute atomic E-state index is 0.122. The fourth-order valence-electron chi connectivity index (χ4n) is 3.09. The van der Waals surface area contributed by atoms with Crippen LogP contribution in [-0.2, 0) is 11.2 Å². The van der Waals surface area contributed by atoms with Crippen molar-refractivity contribution in [2.45, 2.75) is 19.3 Å². The molecule has 0 saturated heterocycles. The molecule has 2 N–H and O–H groups in total. The van der Waals surface area contributed by atoms with E-state index in [4.69, 9.17) is 5.11 Å². The van der Waals surface area contributed by atoms with Gasteiger partial charge >= 0.3 is 5.97 Å². The predicted molar refractivity (Wildman–Crippen MR) is 92.2 cm³/mol. The van der Waals surface area contributed by atoms with E-state index in [0.29, 0.717) is 12.2 Å². The Labute approximate surface area is 148 Å². The molecule has 26 heavy (non-hydrogen) atoms. The number of hydrogen-bond donors (Lipinski definition) is 2. The van der Waals surface area contributed by atoms with Gasteiger partial charge in [0.1, 0.15) is 0 Å². The molecule has 0 unspecified atom stereocenters. The zero-order valence-corrected chi connectivity index (χ0v) is 13.8. The number of nitrogens with one attached hydrogen (secondary N) is 1. The van der Waals surface area contributed by atoms with E-state index >= 15 is 0 Å². The van der Waals surface area contributed by atoms with Crippen molar-refractivity contribution in [3.8, 4) is 0 Å². The highest BCUT2D eigenvalue weighted by molar-refractivity contribution is 6.09. The number of anilines is 2. The normalized spacial score (nSPS) is 15.5. The molecule has 1 aromatic carbocycles. The van der Waals surface area contributed by atoms with Gasteiger partial charge in [-0.15, -0.1) is 0 Å². The molecule has 1 aromatic heterocycles. The first-order chi connectivity index (χ1) is 12.5. The summed E-state index contributed by atoms with van der Waals surface area (Å²) in [6.07, 6.45) is 5.14. The molecule has 1 aliphatic carbocycles. The van der Waals surface area contributed by atoms with Gasteiger partial charge in [-0.25, -0.2) is 14.8 Å². The molecule has 1 fully saturated rings. The highest BCUT2D eigenvalue weighted by Gasteiger charge is 2.36. The van der Waals surface area contributed by atoms with Crippen molar-refractivity contribution in [3.63, 3.8) is 0 Å². The minimum atomic E-state index is -1.32. The molecule has 0 spiro atoms. The van der Waals surface area contributed by atoms with Crippen LogP contribution in [0.15, 0.2) is 30.6 Å². The molecule has 8 nitrogen and oxygen atoms in total. The maximum atomic E-state index is 12.4. The molecule has 2 heterocycles. The van der Waals surface area contributed by atoms with Crippen molar-refractivity contribution in [2.75, 3.05) is 16.8 Å². The van der Waals surface area contributed by atoms with Gasteiger partial charge < -0.3 is 15.3 Å². The van der Waals surface area contributed by atoms with Crippen LogP contribution in [0.1, 0.15) is 39.4 Å². The number of rotatable bonds is 4. The molecule has 2 aromatic rings. The third kappa shape index (κ3) is 2.90. The lowest BCUT2D eigenvalue weighted by Gasteiger charge is -2.18. The largest absolute Gasteiger partial charge is 0.476 e. The summed E-state index contributed by atoms with van der Waals surface area (Å²) in [6, 6.07) is 5.36. The molecule has 2 aliphatic rings. The number of aromatic nitrogens is 2. The highest BCUT2D eigenvalue weighted by Crippen LogP contribution is 2.37. The first-order valence-corrected chi connectivity index (χ1v) is 8.34. The van der Waals surface area contributed by atoms with Crippen LogP contribution in [0, 0.1) is 5.92 Å². The number of carboxylic acid groups (broad SMARTS) is 1. The van der Waals surface area contributed by atoms with Crippen molar-refractivity contribution in [3.05, 3.63) is 47.5 Å². The molecule has 0 bridgehead atoms. The van der Waals surface area contributed by atoms with E-state index in [0.717, 1.165) is 30.5 Å². The lowest BCUT2D eigenvalue weighted by Crippen LogP contribution is -2.30. The maximum absolute atomic E-state index is 12.4. The summed E-state index contributed by atoms with van der Waals surface area (Å²) in [6.45, 7) is 0.648. The zero-order chi connectivity index (χ0) is 18.3. The quantitative estimate of drug-likeness (QED) is 0.866. The summed E-state index contributed by atoms with van der Waals surface area (Å²) < 4.78 is 0. The molecular formula is C18H16N4O4. The number of nitrogens with zero attached hydrogens (tertiary/aromatic N) is 3. The van der Waals surface area contributed by atoms with Crippen LogP contribution in [0.3, 0.4) is 0 Å². The number of hydrogen-bond acceptors (Lipinski definition) is 5. The van der Waals surface area contributed by atoms with E-state index in [1.165, 1.54) is 12.4 Å². The fourth-order valence-corrected chi connectivity index (χ4v) is 3.09. The summed E-state index contributed by atoms with van der Waals surface area (Å²) in [5, 5.41) is 11.8. The Bertz CT molecular complexity index is 923. The van der Waals surface area contributed by atoms with Gasteiger partial charge in [-0.05, 0) is 37.0 Å². The Morgan fingerprint density at radius 2 is 1.85 bits per heavy atom. The van der Waals surface area contributed by atoms with Crippen LogP contribution in [0.25, 0.3) is 0 Å². The van der Waals surface area contributed by atoms with Gasteiger partial charge in [0.25, 0.3) is 5.91 Å². The second kappa shape index (κ2) is 6.21. The molecule has 8 heteroatoms. The topological polar surface area (TPSA) is 112 Å². The van der Waals surface area contributed by atoms with Crippen LogP contribution in [0.5, 0.6) is 0 Å². The molecular weight excluding hydrogens is 336 g/mol. The first-order valence-electron chi connectivity index (χ1n) is 8.34. The van der Waals surface area contributed by atoms with E-state index in [9.17, 15) is 14.4 Å². The summed E-state index contributed by atoms with van der Waals surface area (Å²) in [5.74, 6) is -1.72. The van der Waals surface area contributed by atoms with Gasteiger partial charge in [0.05, 0.1) is 0 Å². The van der Waals surface area contributed by atoms with Gasteiger partial charge in [-0.1, -0.05) is 6.07 Å². The van der Waals surface area contributed by atoms with Crippen molar-refractivity contribution >= 4 is 29.2 Å². The summed E-state index contributed by atoms with van der Waals surface area (Å²) >= 11 is 0. The van der Waals surface area contributed by atoms with Crippen LogP contribution < -0.4 is 10.2 Å². The van der Waals surface area contributed by atoms with Crippen molar-refractivity contribution < 1.29 is 19.5 Å². The monoisotopic (exact) mass is 352 g/mol. The predicted octanol–water partition coefficient (Wildman–Crippen LogP) is 1.73. The molecule has 1 saturated carbocycles. The number of carbonyl (C=O) groups excluding carboxylic acids is 2. The summed E-state index contributed by atoms with van der Waals surface area (Å²) in [7, 11) is 0. The van der Waals surface area contributed by atoms with Gasteiger partial charge in [0.15, 0.2) is 11.4 Å². The lowest BCUT2D eigenvalue weighted by molar-refractivity contribution is -0.119. The fraction of sp³-hybridized carbons (Fsp3) is 0.278. The van der Waals surface area contributed by atoms with E-state index < -0.39 is 17.6 Å². The van der Waals surface area contributed by atoms with Gasteiger partial charge in [-0.2, -0.15) is 0 Å². The second-order valence-electron chi connectivity index (χ2n) is 6.37. The highest BCUT2D eigenvalue weighted by atomic mass is 16.4. The lowest BCUT2D eigenvalue weighted by atomic mass is 10.1. The van der Waals surface area contributed by atoms with Crippen molar-refractivity contribution in [2.24, 2.45) is 5.92 Å². The summed E-state index contributed by atoms with van der Waals surface area (Å²) in [5.41, 5.74) is 1.68. The Kier molecular flexibility index (Phi) is 3.87. The average Bonchev–Trinajstić information content (AvgIpc) is 3.41. The molecule has 0 radical (unpaired) electrons. The number of carbonyl (C=O) groups is 3. The molecule has 132 valence electrons. The standard InChI is InChI=1S/C18H16N4O4/c23-16(14-15(18(25)26)20-7-6-19-14)21-12-4-3-10-5-8-22(13(10)9-12)17(24)11-1-2-11/h3-4,6-7,9,11H,1-2,5,8H2,(H,21,23)(H,25,26). The van der Waals surface area contributed by atoms with Crippen LogP contribution in [0.2, 0.25) is 0 Å². The number of fused-ring (bicyclic) bond motifs is 1. The summed E-state index contributed by atoms with van der Waals surface area (Å²) in [4.78, 5) is 45.3. The van der Waals surface area contributed by atoms with Crippen molar-refractivity contribution in [1.82, 2.24) is 9.97 Å². The number of aromatic carboxylic acids is 1. The van der Waals surface area contributed by atoms with Crippen molar-refractivity contribution in [1.29, 1.82) is 0 Å². The molecule has 2 amide bonds. The Morgan fingerprint density at radius 3 is 2.54 bits per heavy atom. The Morgan fingerprint density at radius 1 is 1.12 bits per heavy atom. The number of carboxylic acids is 1. The first kappa shape index (κ1) is 16.2. The number of benzene rings is 1. The van der Waals surface area contributed by atoms with Gasteiger partial charge in [-0.3, -0.25) is 9.59 Å². The third-order valence-corrected chi connectivity index (χ3v) is 4.55. The van der Waals surface area contributed by atoms with E-state index in [1.807, 2.05) is 6.07 Å². The Balaban J connectivity index is 1.58. The minimum Gasteiger partial charge on any atom is -0.476 e. The van der Waals surface area contributed by atoms with E-state index in [1.54, 1.807) is 17.0 Å². The van der Waals surface area contributed by atoms with Crippen LogP contribution in [-0.4, -0.2) is 39.4 Å². The van der Waals surface area contributed by atoms with E-state index in [-0.39, 0.29) is 17.5 Å². The number of amides is 2.